The maximum atomic E-state index is 12.7. The van der Waals surface area contributed by atoms with Crippen LogP contribution in [0.3, 0.4) is 0 Å². The minimum Gasteiger partial charge on any atom is -0.493 e. The summed E-state index contributed by atoms with van der Waals surface area (Å²) in [5.74, 6) is 1.52. The number of fused-ring (bicyclic) bond motifs is 1. The summed E-state index contributed by atoms with van der Waals surface area (Å²) in [5.41, 5.74) is 5.77. The van der Waals surface area contributed by atoms with Crippen molar-refractivity contribution < 1.29 is 18.7 Å². The third kappa shape index (κ3) is 3.84. The van der Waals surface area contributed by atoms with Crippen LogP contribution >= 0.6 is 0 Å². The molecule has 0 aliphatic carbocycles. The van der Waals surface area contributed by atoms with Crippen molar-refractivity contribution >= 4 is 22.6 Å². The molecule has 5 heteroatoms. The van der Waals surface area contributed by atoms with Crippen LogP contribution in [0.4, 0.5) is 5.69 Å². The molecule has 0 radical (unpaired) electrons. The molecule has 0 aliphatic rings. The first-order valence-electron chi connectivity index (χ1n) is 9.37. The lowest BCUT2D eigenvalue weighted by Gasteiger charge is -2.13. The lowest BCUT2D eigenvalue weighted by Crippen LogP contribution is -2.15. The number of carbonyl (C=O) groups is 1. The van der Waals surface area contributed by atoms with Crippen molar-refractivity contribution in [2.45, 2.75) is 40.0 Å². The van der Waals surface area contributed by atoms with E-state index < -0.39 is 0 Å². The first-order valence-corrected chi connectivity index (χ1v) is 9.37. The highest BCUT2D eigenvalue weighted by Crippen LogP contribution is 2.33. The van der Waals surface area contributed by atoms with E-state index in [4.69, 9.17) is 13.9 Å². The number of amides is 1. The molecule has 0 atom stereocenters. The zero-order chi connectivity index (χ0) is 20.4. The number of furan rings is 1. The molecule has 1 aromatic heterocycles. The fourth-order valence-electron chi connectivity index (χ4n) is 3.49. The van der Waals surface area contributed by atoms with Crippen LogP contribution in [0.2, 0.25) is 0 Å². The highest BCUT2D eigenvalue weighted by Gasteiger charge is 2.16. The molecule has 0 saturated heterocycles. The number of rotatable bonds is 6. The standard InChI is InChI=1S/C23H27NO4/c1-13(2)17-10-18-16(12-28-20(18)7-14(17)3)9-23(25)24-19-11-22(27-6)21(26-5)8-15(19)4/h7-8,10-13H,9H2,1-6H3,(H,24,25). The molecule has 2 aromatic carbocycles. The monoisotopic (exact) mass is 381 g/mol. The minimum absolute atomic E-state index is 0.107. The lowest BCUT2D eigenvalue weighted by atomic mass is 9.95. The smallest absolute Gasteiger partial charge is 0.228 e. The number of hydrogen-bond acceptors (Lipinski definition) is 4. The Balaban J connectivity index is 1.85. The second-order valence-corrected chi connectivity index (χ2v) is 7.37. The highest BCUT2D eigenvalue weighted by atomic mass is 16.5. The Bertz CT molecular complexity index is 1020. The Morgan fingerprint density at radius 3 is 2.36 bits per heavy atom. The van der Waals surface area contributed by atoms with Crippen LogP contribution < -0.4 is 14.8 Å². The zero-order valence-corrected chi connectivity index (χ0v) is 17.3. The van der Waals surface area contributed by atoms with Gasteiger partial charge in [-0.1, -0.05) is 13.8 Å². The van der Waals surface area contributed by atoms with Crippen LogP contribution in [0.5, 0.6) is 11.5 Å². The number of aryl methyl sites for hydroxylation is 2. The Morgan fingerprint density at radius 2 is 1.71 bits per heavy atom. The molecular weight excluding hydrogens is 354 g/mol. The maximum Gasteiger partial charge on any atom is 0.228 e. The summed E-state index contributed by atoms with van der Waals surface area (Å²) in [6.07, 6.45) is 1.91. The van der Waals surface area contributed by atoms with Crippen LogP contribution in [-0.2, 0) is 11.2 Å². The van der Waals surface area contributed by atoms with Crippen molar-refractivity contribution in [3.8, 4) is 11.5 Å². The van der Waals surface area contributed by atoms with E-state index in [2.05, 4.69) is 32.2 Å². The van der Waals surface area contributed by atoms with Crippen molar-refractivity contribution in [1.29, 1.82) is 0 Å². The predicted molar refractivity (Wildman–Crippen MR) is 112 cm³/mol. The quantitative estimate of drug-likeness (QED) is 0.623. The predicted octanol–water partition coefficient (Wildman–Crippen LogP) is 5.37. The van der Waals surface area contributed by atoms with Crippen molar-refractivity contribution in [3.05, 3.63) is 52.8 Å². The number of benzene rings is 2. The summed E-state index contributed by atoms with van der Waals surface area (Å²) in [6, 6.07) is 7.81. The third-order valence-corrected chi connectivity index (χ3v) is 5.02. The summed E-state index contributed by atoms with van der Waals surface area (Å²) < 4.78 is 16.3. The van der Waals surface area contributed by atoms with E-state index in [1.54, 1.807) is 26.5 Å². The molecule has 0 aliphatic heterocycles. The summed E-state index contributed by atoms with van der Waals surface area (Å²) in [4.78, 5) is 12.7. The van der Waals surface area contributed by atoms with Crippen molar-refractivity contribution in [3.63, 3.8) is 0 Å². The topological polar surface area (TPSA) is 60.7 Å². The summed E-state index contributed by atoms with van der Waals surface area (Å²) in [5, 5.41) is 3.97. The molecule has 1 heterocycles. The number of hydrogen-bond donors (Lipinski definition) is 1. The van der Waals surface area contributed by atoms with E-state index in [1.807, 2.05) is 19.1 Å². The van der Waals surface area contributed by atoms with E-state index in [1.165, 1.54) is 11.1 Å². The molecular formula is C23H27NO4. The molecule has 28 heavy (non-hydrogen) atoms. The Labute approximate surface area is 165 Å². The van der Waals surface area contributed by atoms with Crippen LogP contribution in [-0.4, -0.2) is 20.1 Å². The van der Waals surface area contributed by atoms with Gasteiger partial charge in [0.15, 0.2) is 11.5 Å². The molecule has 0 fully saturated rings. The summed E-state index contributed by atoms with van der Waals surface area (Å²) in [6.45, 7) is 8.34. The Hall–Kier alpha value is -2.95. The SMILES string of the molecule is COc1cc(C)c(NC(=O)Cc2coc3cc(C)c(C(C)C)cc23)cc1OC. The van der Waals surface area contributed by atoms with Crippen molar-refractivity contribution in [2.24, 2.45) is 0 Å². The first-order chi connectivity index (χ1) is 13.3. The van der Waals surface area contributed by atoms with Crippen LogP contribution in [0.25, 0.3) is 11.0 Å². The van der Waals surface area contributed by atoms with E-state index in [0.29, 0.717) is 23.1 Å². The largest absolute Gasteiger partial charge is 0.493 e. The van der Waals surface area contributed by atoms with Gasteiger partial charge in [0.05, 0.1) is 26.9 Å². The molecule has 0 unspecified atom stereocenters. The molecule has 0 saturated carbocycles. The molecule has 1 amide bonds. The van der Waals surface area contributed by atoms with Gasteiger partial charge in [-0.25, -0.2) is 0 Å². The van der Waals surface area contributed by atoms with E-state index in [-0.39, 0.29) is 12.3 Å². The Morgan fingerprint density at radius 1 is 1.04 bits per heavy atom. The second-order valence-electron chi connectivity index (χ2n) is 7.37. The van der Waals surface area contributed by atoms with Gasteiger partial charge in [0.2, 0.25) is 5.91 Å². The fraction of sp³-hybridized carbons (Fsp3) is 0.348. The highest BCUT2D eigenvalue weighted by molar-refractivity contribution is 5.96. The number of methoxy groups -OCH3 is 2. The fourth-order valence-corrected chi connectivity index (χ4v) is 3.49. The molecule has 0 bridgehead atoms. The third-order valence-electron chi connectivity index (χ3n) is 5.02. The van der Waals surface area contributed by atoms with Gasteiger partial charge in [0, 0.05) is 22.7 Å². The summed E-state index contributed by atoms with van der Waals surface area (Å²) in [7, 11) is 3.16. The number of ether oxygens (including phenoxy) is 2. The van der Waals surface area contributed by atoms with Gasteiger partial charge >= 0.3 is 0 Å². The van der Waals surface area contributed by atoms with Gasteiger partial charge in [-0.05, 0) is 54.7 Å². The zero-order valence-electron chi connectivity index (χ0n) is 17.3. The van der Waals surface area contributed by atoms with Gasteiger partial charge in [0.25, 0.3) is 0 Å². The van der Waals surface area contributed by atoms with Crippen LogP contribution in [0.15, 0.2) is 34.9 Å². The van der Waals surface area contributed by atoms with Gasteiger partial charge in [-0.15, -0.1) is 0 Å². The Kier molecular flexibility index (Phi) is 5.63. The van der Waals surface area contributed by atoms with Crippen LogP contribution in [0.1, 0.15) is 42.0 Å². The van der Waals surface area contributed by atoms with Gasteiger partial charge < -0.3 is 19.2 Å². The van der Waals surface area contributed by atoms with E-state index in [0.717, 1.165) is 22.1 Å². The number of anilines is 1. The molecule has 3 aromatic rings. The van der Waals surface area contributed by atoms with Gasteiger partial charge in [-0.3, -0.25) is 4.79 Å². The van der Waals surface area contributed by atoms with E-state index >= 15 is 0 Å². The average molecular weight is 381 g/mol. The van der Waals surface area contributed by atoms with Crippen molar-refractivity contribution in [1.82, 2.24) is 0 Å². The number of nitrogens with one attached hydrogen (secondary N) is 1. The van der Waals surface area contributed by atoms with Gasteiger partial charge in [0.1, 0.15) is 5.58 Å². The second kappa shape index (κ2) is 7.97. The molecule has 5 nitrogen and oxygen atoms in total. The number of carbonyl (C=O) groups excluding carboxylic acids is 1. The maximum absolute atomic E-state index is 12.7. The van der Waals surface area contributed by atoms with E-state index in [9.17, 15) is 4.79 Å². The normalized spacial score (nSPS) is 11.1. The molecule has 1 N–H and O–H groups in total. The molecule has 3 rings (SSSR count). The first kappa shape index (κ1) is 19.8. The average Bonchev–Trinajstić information content (AvgIpc) is 3.03. The molecule has 0 spiro atoms. The molecule has 148 valence electrons. The summed E-state index contributed by atoms with van der Waals surface area (Å²) >= 11 is 0. The minimum atomic E-state index is -0.107. The van der Waals surface area contributed by atoms with Crippen LogP contribution in [0, 0.1) is 13.8 Å². The van der Waals surface area contributed by atoms with Gasteiger partial charge in [-0.2, -0.15) is 0 Å². The lowest BCUT2D eigenvalue weighted by molar-refractivity contribution is -0.115. The van der Waals surface area contributed by atoms with Crippen molar-refractivity contribution in [2.75, 3.05) is 19.5 Å².